The number of ether oxygens (including phenoxy) is 2. The van der Waals surface area contributed by atoms with Gasteiger partial charge in [-0.25, -0.2) is 0 Å². The van der Waals surface area contributed by atoms with Gasteiger partial charge in [-0.05, 0) is 43.7 Å². The van der Waals surface area contributed by atoms with Gasteiger partial charge in [-0.15, -0.1) is 10.2 Å². The SMILES string of the molecule is CCOc1ccc(NC(=O)C(C)Sc2nnc(N3CCOCC3)n2Cc2ccccc2)cc1. The van der Waals surface area contributed by atoms with Crippen LogP contribution in [0.25, 0.3) is 0 Å². The topological polar surface area (TPSA) is 81.5 Å². The molecule has 1 unspecified atom stereocenters. The Morgan fingerprint density at radius 3 is 2.55 bits per heavy atom. The highest BCUT2D eigenvalue weighted by molar-refractivity contribution is 8.00. The van der Waals surface area contributed by atoms with E-state index in [0.717, 1.165) is 41.2 Å². The molecule has 9 heteroatoms. The Hall–Kier alpha value is -3.04. The van der Waals surface area contributed by atoms with E-state index in [2.05, 4.69) is 37.1 Å². The number of carbonyl (C=O) groups is 1. The standard InChI is InChI=1S/C24H29N5O3S/c1-3-32-21-11-9-20(10-12-21)25-22(30)18(2)33-24-27-26-23(28-13-15-31-16-14-28)29(24)17-19-7-5-4-6-8-19/h4-12,18H,3,13-17H2,1-2H3,(H,25,30). The van der Waals surface area contributed by atoms with E-state index in [-0.39, 0.29) is 11.2 Å². The third-order valence-electron chi connectivity index (χ3n) is 5.26. The molecule has 8 nitrogen and oxygen atoms in total. The zero-order valence-corrected chi connectivity index (χ0v) is 19.8. The fraction of sp³-hybridized carbons (Fsp3) is 0.375. The maximum absolute atomic E-state index is 12.9. The van der Waals surface area contributed by atoms with Crippen LogP contribution >= 0.6 is 11.8 Å². The molecule has 174 valence electrons. The van der Waals surface area contributed by atoms with Gasteiger partial charge in [-0.3, -0.25) is 9.36 Å². The minimum atomic E-state index is -0.354. The molecule has 1 fully saturated rings. The van der Waals surface area contributed by atoms with E-state index in [1.54, 1.807) is 0 Å². The maximum atomic E-state index is 12.9. The monoisotopic (exact) mass is 467 g/mol. The van der Waals surface area contributed by atoms with E-state index in [4.69, 9.17) is 9.47 Å². The molecule has 0 radical (unpaired) electrons. The first-order chi connectivity index (χ1) is 16.1. The minimum absolute atomic E-state index is 0.0913. The number of anilines is 2. The number of benzene rings is 2. The second-order valence-electron chi connectivity index (χ2n) is 7.66. The van der Waals surface area contributed by atoms with Crippen molar-refractivity contribution in [2.75, 3.05) is 43.1 Å². The number of rotatable bonds is 9. The molecular formula is C24H29N5O3S. The molecule has 3 aromatic rings. The van der Waals surface area contributed by atoms with E-state index in [1.165, 1.54) is 11.8 Å². The summed E-state index contributed by atoms with van der Waals surface area (Å²) < 4.78 is 13.0. The Kier molecular flexibility index (Phi) is 7.85. The van der Waals surface area contributed by atoms with Gasteiger partial charge in [0.15, 0.2) is 5.16 Å². The first-order valence-corrected chi connectivity index (χ1v) is 12.0. The molecule has 1 aliphatic heterocycles. The Morgan fingerprint density at radius 1 is 1.12 bits per heavy atom. The van der Waals surface area contributed by atoms with Gasteiger partial charge in [-0.1, -0.05) is 42.1 Å². The number of morpholine rings is 1. The summed E-state index contributed by atoms with van der Waals surface area (Å²) in [4.78, 5) is 15.0. The molecule has 33 heavy (non-hydrogen) atoms. The lowest BCUT2D eigenvalue weighted by molar-refractivity contribution is -0.115. The largest absolute Gasteiger partial charge is 0.494 e. The Labute approximate surface area is 198 Å². The molecule has 1 atom stereocenters. The predicted molar refractivity (Wildman–Crippen MR) is 130 cm³/mol. The molecule has 0 spiro atoms. The number of nitrogens with one attached hydrogen (secondary N) is 1. The molecule has 2 heterocycles. The third-order valence-corrected chi connectivity index (χ3v) is 6.34. The second kappa shape index (κ2) is 11.2. The summed E-state index contributed by atoms with van der Waals surface area (Å²) in [5, 5.41) is 12.3. The molecule has 0 bridgehead atoms. The van der Waals surface area contributed by atoms with Gasteiger partial charge in [0.1, 0.15) is 5.75 Å². The van der Waals surface area contributed by atoms with E-state index in [0.29, 0.717) is 26.4 Å². The highest BCUT2D eigenvalue weighted by atomic mass is 32.2. The number of aromatic nitrogens is 3. The second-order valence-corrected chi connectivity index (χ2v) is 8.97. The summed E-state index contributed by atoms with van der Waals surface area (Å²) in [6.07, 6.45) is 0. The van der Waals surface area contributed by atoms with Crippen LogP contribution in [0.1, 0.15) is 19.4 Å². The first kappa shape index (κ1) is 23.1. The van der Waals surface area contributed by atoms with Crippen molar-refractivity contribution >= 4 is 29.3 Å². The van der Waals surface area contributed by atoms with Crippen molar-refractivity contribution in [3.05, 3.63) is 60.2 Å². The summed E-state index contributed by atoms with van der Waals surface area (Å²) in [5.41, 5.74) is 1.89. The highest BCUT2D eigenvalue weighted by Crippen LogP contribution is 2.28. The molecule has 1 amide bonds. The fourth-order valence-electron chi connectivity index (χ4n) is 3.53. The summed E-state index contributed by atoms with van der Waals surface area (Å²) in [7, 11) is 0. The molecule has 2 aromatic carbocycles. The summed E-state index contributed by atoms with van der Waals surface area (Å²) in [5.74, 6) is 1.50. The van der Waals surface area contributed by atoms with Gasteiger partial charge >= 0.3 is 0 Å². The molecule has 1 N–H and O–H groups in total. The minimum Gasteiger partial charge on any atom is -0.494 e. The number of thioether (sulfide) groups is 1. The van der Waals surface area contributed by atoms with Crippen molar-refractivity contribution in [2.24, 2.45) is 0 Å². The third kappa shape index (κ3) is 6.06. The van der Waals surface area contributed by atoms with Gasteiger partial charge in [0, 0.05) is 18.8 Å². The molecule has 4 rings (SSSR count). The van der Waals surface area contributed by atoms with Gasteiger partial charge in [0.25, 0.3) is 0 Å². The summed E-state index contributed by atoms with van der Waals surface area (Å²) in [6, 6.07) is 17.6. The summed E-state index contributed by atoms with van der Waals surface area (Å²) >= 11 is 1.41. The van der Waals surface area contributed by atoms with Crippen molar-refractivity contribution in [1.29, 1.82) is 0 Å². The number of carbonyl (C=O) groups excluding carboxylic acids is 1. The number of hydrogen-bond acceptors (Lipinski definition) is 7. The lowest BCUT2D eigenvalue weighted by Gasteiger charge is -2.28. The van der Waals surface area contributed by atoms with Crippen LogP contribution in [0.2, 0.25) is 0 Å². The summed E-state index contributed by atoms with van der Waals surface area (Å²) in [6.45, 7) is 7.94. The van der Waals surface area contributed by atoms with Crippen molar-refractivity contribution in [2.45, 2.75) is 30.8 Å². The van der Waals surface area contributed by atoms with Crippen molar-refractivity contribution in [3.8, 4) is 5.75 Å². The van der Waals surface area contributed by atoms with Crippen LogP contribution in [0, 0.1) is 0 Å². The zero-order valence-electron chi connectivity index (χ0n) is 18.9. The number of hydrogen-bond donors (Lipinski definition) is 1. The molecule has 1 aromatic heterocycles. The Bertz CT molecular complexity index is 1040. The van der Waals surface area contributed by atoms with Crippen LogP contribution in [0.3, 0.4) is 0 Å². The van der Waals surface area contributed by atoms with Crippen LogP contribution in [0.5, 0.6) is 5.75 Å². The van der Waals surface area contributed by atoms with E-state index in [9.17, 15) is 4.79 Å². The van der Waals surface area contributed by atoms with Gasteiger partial charge in [0.2, 0.25) is 11.9 Å². The molecular weight excluding hydrogens is 438 g/mol. The molecule has 1 saturated heterocycles. The molecule has 0 saturated carbocycles. The van der Waals surface area contributed by atoms with Gasteiger partial charge in [-0.2, -0.15) is 0 Å². The van der Waals surface area contributed by atoms with Crippen LogP contribution in [0.4, 0.5) is 11.6 Å². The average Bonchev–Trinajstić information content (AvgIpc) is 3.23. The van der Waals surface area contributed by atoms with Crippen LogP contribution in [0.15, 0.2) is 59.8 Å². The molecule has 1 aliphatic rings. The van der Waals surface area contributed by atoms with E-state index >= 15 is 0 Å². The van der Waals surface area contributed by atoms with E-state index in [1.807, 2.05) is 56.3 Å². The van der Waals surface area contributed by atoms with Crippen LogP contribution in [-0.4, -0.2) is 58.8 Å². The van der Waals surface area contributed by atoms with Gasteiger partial charge in [0.05, 0.1) is 31.6 Å². The number of amides is 1. The van der Waals surface area contributed by atoms with Crippen molar-refractivity contribution in [1.82, 2.24) is 14.8 Å². The fourth-order valence-corrected chi connectivity index (χ4v) is 4.37. The average molecular weight is 468 g/mol. The normalized spacial score (nSPS) is 14.7. The zero-order chi connectivity index (χ0) is 23.0. The molecule has 0 aliphatic carbocycles. The van der Waals surface area contributed by atoms with Crippen molar-refractivity contribution in [3.63, 3.8) is 0 Å². The lowest BCUT2D eigenvalue weighted by Crippen LogP contribution is -2.38. The predicted octanol–water partition coefficient (Wildman–Crippen LogP) is 3.68. The Morgan fingerprint density at radius 2 is 1.85 bits per heavy atom. The Balaban J connectivity index is 1.48. The van der Waals surface area contributed by atoms with E-state index < -0.39 is 0 Å². The quantitative estimate of drug-likeness (QED) is 0.481. The van der Waals surface area contributed by atoms with Crippen LogP contribution in [-0.2, 0) is 16.1 Å². The number of nitrogens with zero attached hydrogens (tertiary/aromatic N) is 4. The van der Waals surface area contributed by atoms with Gasteiger partial charge < -0.3 is 19.7 Å². The van der Waals surface area contributed by atoms with Crippen molar-refractivity contribution < 1.29 is 14.3 Å². The smallest absolute Gasteiger partial charge is 0.237 e. The lowest BCUT2D eigenvalue weighted by atomic mass is 10.2. The first-order valence-electron chi connectivity index (χ1n) is 11.1. The maximum Gasteiger partial charge on any atom is 0.237 e. The van der Waals surface area contributed by atoms with Crippen LogP contribution < -0.4 is 15.0 Å². The highest BCUT2D eigenvalue weighted by Gasteiger charge is 2.24.